The number of halogens is 1. The van der Waals surface area contributed by atoms with Crippen LogP contribution >= 0.6 is 22.9 Å². The van der Waals surface area contributed by atoms with Crippen LogP contribution < -0.4 is 10.1 Å². The summed E-state index contributed by atoms with van der Waals surface area (Å²) in [6, 6.07) is 7.66. The molecule has 0 spiro atoms. The molecule has 0 aliphatic rings. The van der Waals surface area contributed by atoms with E-state index >= 15 is 0 Å². The number of nitrogens with one attached hydrogen (secondary N) is 1. The van der Waals surface area contributed by atoms with Gasteiger partial charge in [0.2, 0.25) is 0 Å². The van der Waals surface area contributed by atoms with Crippen LogP contribution in [0.1, 0.15) is 10.7 Å². The first-order chi connectivity index (χ1) is 9.17. The lowest BCUT2D eigenvalue weighted by molar-refractivity contribution is 0.269. The number of nitrogens with zero attached hydrogens (tertiary/aromatic N) is 1. The van der Waals surface area contributed by atoms with E-state index in [0.29, 0.717) is 6.61 Å². The van der Waals surface area contributed by atoms with E-state index in [0.717, 1.165) is 27.9 Å². The van der Waals surface area contributed by atoms with E-state index in [4.69, 9.17) is 16.3 Å². The van der Waals surface area contributed by atoms with Gasteiger partial charge in [0.15, 0.2) is 0 Å². The fourth-order valence-electron chi connectivity index (χ4n) is 1.73. The fraction of sp³-hybridized carbons (Fsp3) is 0.357. The average molecular weight is 297 g/mol. The van der Waals surface area contributed by atoms with Gasteiger partial charge in [0.05, 0.1) is 10.7 Å². The highest BCUT2D eigenvalue weighted by molar-refractivity contribution is 7.09. The number of ether oxygens (including phenoxy) is 1. The van der Waals surface area contributed by atoms with Crippen molar-refractivity contribution < 1.29 is 4.74 Å². The van der Waals surface area contributed by atoms with Gasteiger partial charge in [-0.15, -0.1) is 11.3 Å². The minimum atomic E-state index is 0.247. The van der Waals surface area contributed by atoms with E-state index in [1.54, 1.807) is 11.3 Å². The second kappa shape index (κ2) is 6.89. The Hall–Kier alpha value is -1.10. The maximum Gasteiger partial charge on any atom is 0.119 e. The first-order valence-electron chi connectivity index (χ1n) is 6.14. The Morgan fingerprint density at radius 2 is 2.11 bits per heavy atom. The number of rotatable bonds is 6. The van der Waals surface area contributed by atoms with Crippen molar-refractivity contribution in [2.75, 3.05) is 13.7 Å². The van der Waals surface area contributed by atoms with Gasteiger partial charge in [-0.1, -0.05) is 11.6 Å². The van der Waals surface area contributed by atoms with Crippen LogP contribution in [0.4, 0.5) is 0 Å². The molecule has 0 saturated carbocycles. The summed E-state index contributed by atoms with van der Waals surface area (Å²) >= 11 is 7.51. The summed E-state index contributed by atoms with van der Waals surface area (Å²) in [5, 5.41) is 7.17. The summed E-state index contributed by atoms with van der Waals surface area (Å²) in [6.45, 7) is 2.63. The van der Waals surface area contributed by atoms with Gasteiger partial charge in [-0.3, -0.25) is 0 Å². The minimum Gasteiger partial charge on any atom is -0.492 e. The zero-order valence-corrected chi connectivity index (χ0v) is 12.6. The Morgan fingerprint density at radius 3 is 2.68 bits per heavy atom. The van der Waals surface area contributed by atoms with E-state index in [2.05, 4.69) is 15.7 Å². The topological polar surface area (TPSA) is 34.1 Å². The van der Waals surface area contributed by atoms with E-state index in [9.17, 15) is 0 Å². The van der Waals surface area contributed by atoms with Crippen LogP contribution in [-0.4, -0.2) is 24.7 Å². The third-order valence-electron chi connectivity index (χ3n) is 2.80. The predicted octanol–water partition coefficient (Wildman–Crippen LogP) is 3.31. The van der Waals surface area contributed by atoms with Gasteiger partial charge in [0.1, 0.15) is 12.4 Å². The quantitative estimate of drug-likeness (QED) is 0.888. The molecule has 102 valence electrons. The van der Waals surface area contributed by atoms with Crippen LogP contribution in [0.25, 0.3) is 0 Å². The molecule has 5 heteroatoms. The van der Waals surface area contributed by atoms with Crippen molar-refractivity contribution in [3.05, 3.63) is 45.4 Å². The molecule has 0 amide bonds. The van der Waals surface area contributed by atoms with E-state index < -0.39 is 0 Å². The molecule has 2 rings (SSSR count). The highest BCUT2D eigenvalue weighted by atomic mass is 35.5. The molecule has 1 heterocycles. The van der Waals surface area contributed by atoms with Crippen LogP contribution in [0, 0.1) is 6.92 Å². The van der Waals surface area contributed by atoms with Crippen molar-refractivity contribution in [2.45, 2.75) is 19.4 Å². The maximum atomic E-state index is 5.84. The summed E-state index contributed by atoms with van der Waals surface area (Å²) in [6.07, 6.45) is 0.869. The predicted molar refractivity (Wildman–Crippen MR) is 80.3 cm³/mol. The fourth-order valence-corrected chi connectivity index (χ4v) is 2.48. The lowest BCUT2D eigenvalue weighted by atomic mass is 10.2. The third kappa shape index (κ3) is 4.49. The molecule has 3 nitrogen and oxygen atoms in total. The summed E-state index contributed by atoms with van der Waals surface area (Å²) in [4.78, 5) is 4.47. The molecule has 0 radical (unpaired) electrons. The van der Waals surface area contributed by atoms with E-state index in [1.165, 1.54) is 0 Å². The molecule has 1 atom stereocenters. The second-order valence-corrected chi connectivity index (χ2v) is 5.81. The standard InChI is InChI=1S/C14H17ClN2OS/c1-10-17-13(9-19-10)7-12(16-2)8-18-14-5-3-11(15)4-6-14/h3-6,9,12,16H,7-8H2,1-2H3. The lowest BCUT2D eigenvalue weighted by Gasteiger charge is -2.16. The van der Waals surface area contributed by atoms with Crippen LogP contribution in [0.15, 0.2) is 29.6 Å². The molecule has 0 aliphatic carbocycles. The molecule has 19 heavy (non-hydrogen) atoms. The zero-order chi connectivity index (χ0) is 13.7. The SMILES string of the molecule is CNC(COc1ccc(Cl)cc1)Cc1csc(C)n1. The van der Waals surface area contributed by atoms with Crippen LogP contribution in [0.3, 0.4) is 0 Å². The summed E-state index contributed by atoms with van der Waals surface area (Å²) < 4.78 is 5.75. The number of hydrogen-bond donors (Lipinski definition) is 1. The van der Waals surface area contributed by atoms with Gasteiger partial charge < -0.3 is 10.1 Å². The maximum absolute atomic E-state index is 5.84. The molecule has 2 aromatic rings. The van der Waals surface area contributed by atoms with Gasteiger partial charge in [-0.25, -0.2) is 4.98 Å². The van der Waals surface area contributed by atoms with Crippen molar-refractivity contribution in [1.82, 2.24) is 10.3 Å². The molecule has 0 fully saturated rings. The van der Waals surface area contributed by atoms with Gasteiger partial charge >= 0.3 is 0 Å². The van der Waals surface area contributed by atoms with Gasteiger partial charge in [0, 0.05) is 22.9 Å². The number of aromatic nitrogens is 1. The Kier molecular flexibility index (Phi) is 5.19. The molecule has 0 saturated heterocycles. The second-order valence-electron chi connectivity index (χ2n) is 4.31. The van der Waals surface area contributed by atoms with E-state index in [-0.39, 0.29) is 6.04 Å². The highest BCUT2D eigenvalue weighted by Gasteiger charge is 2.10. The first-order valence-corrected chi connectivity index (χ1v) is 7.40. The van der Waals surface area contributed by atoms with Crippen molar-refractivity contribution in [1.29, 1.82) is 0 Å². The van der Waals surface area contributed by atoms with Crippen molar-refractivity contribution in [3.63, 3.8) is 0 Å². The Bertz CT molecular complexity index is 512. The summed E-state index contributed by atoms with van der Waals surface area (Å²) in [5.41, 5.74) is 1.11. The summed E-state index contributed by atoms with van der Waals surface area (Å²) in [5.74, 6) is 0.833. The number of benzene rings is 1. The van der Waals surface area contributed by atoms with Crippen LogP contribution in [-0.2, 0) is 6.42 Å². The van der Waals surface area contributed by atoms with Gasteiger partial charge in [-0.05, 0) is 38.2 Å². The molecular weight excluding hydrogens is 280 g/mol. The molecule has 1 unspecified atom stereocenters. The molecule has 1 N–H and O–H groups in total. The van der Waals surface area contributed by atoms with Gasteiger partial charge in [-0.2, -0.15) is 0 Å². The third-order valence-corrected chi connectivity index (χ3v) is 3.87. The Morgan fingerprint density at radius 1 is 1.37 bits per heavy atom. The normalized spacial score (nSPS) is 12.4. The Labute approximate surface area is 122 Å². The van der Waals surface area contributed by atoms with Crippen molar-refractivity contribution >= 4 is 22.9 Å². The number of hydrogen-bond acceptors (Lipinski definition) is 4. The largest absolute Gasteiger partial charge is 0.492 e. The Balaban J connectivity index is 1.87. The molecule has 1 aromatic heterocycles. The van der Waals surface area contributed by atoms with E-state index in [1.807, 2.05) is 38.2 Å². The van der Waals surface area contributed by atoms with Gasteiger partial charge in [0.25, 0.3) is 0 Å². The molecule has 1 aromatic carbocycles. The average Bonchev–Trinajstić information content (AvgIpc) is 2.82. The van der Waals surface area contributed by atoms with Crippen molar-refractivity contribution in [2.24, 2.45) is 0 Å². The molecule has 0 bridgehead atoms. The highest BCUT2D eigenvalue weighted by Crippen LogP contribution is 2.16. The number of thiazole rings is 1. The summed E-state index contributed by atoms with van der Waals surface area (Å²) in [7, 11) is 1.94. The monoisotopic (exact) mass is 296 g/mol. The number of aryl methyl sites for hydroxylation is 1. The van der Waals surface area contributed by atoms with Crippen LogP contribution in [0.2, 0.25) is 5.02 Å². The smallest absolute Gasteiger partial charge is 0.119 e. The zero-order valence-electron chi connectivity index (χ0n) is 11.0. The number of likely N-dealkylation sites (N-methyl/N-ethyl adjacent to an activating group) is 1. The lowest BCUT2D eigenvalue weighted by Crippen LogP contribution is -2.33. The van der Waals surface area contributed by atoms with Crippen LogP contribution in [0.5, 0.6) is 5.75 Å². The molecular formula is C14H17ClN2OS. The first kappa shape index (κ1) is 14.3. The minimum absolute atomic E-state index is 0.247. The molecule has 0 aliphatic heterocycles. The van der Waals surface area contributed by atoms with Crippen molar-refractivity contribution in [3.8, 4) is 5.75 Å².